The fourth-order valence-electron chi connectivity index (χ4n) is 3.46. The number of hydrogen-bond donors (Lipinski definition) is 0. The molecule has 0 atom stereocenters. The highest BCUT2D eigenvalue weighted by Gasteiger charge is 2.26. The van der Waals surface area contributed by atoms with Crippen molar-refractivity contribution >= 4 is 23.2 Å². The summed E-state index contributed by atoms with van der Waals surface area (Å²) in [6.45, 7) is 0. The molecule has 1 aliphatic carbocycles. The van der Waals surface area contributed by atoms with Crippen molar-refractivity contribution in [1.82, 2.24) is 4.98 Å². The molecule has 0 unspecified atom stereocenters. The molecule has 1 amide bonds. The number of carbonyl (C=O) groups is 1. The van der Waals surface area contributed by atoms with Crippen LogP contribution in [0.5, 0.6) is 5.75 Å². The van der Waals surface area contributed by atoms with Gasteiger partial charge in [0.05, 0.1) is 19.0 Å². The van der Waals surface area contributed by atoms with Crippen LogP contribution in [0, 0.1) is 5.82 Å². The Bertz CT molecular complexity index is 1080. The van der Waals surface area contributed by atoms with E-state index in [4.69, 9.17) is 16.3 Å². The van der Waals surface area contributed by atoms with Crippen LogP contribution in [0.2, 0.25) is 5.02 Å². The van der Waals surface area contributed by atoms with Crippen LogP contribution in [0.15, 0.2) is 54.9 Å². The normalized spacial score (nSPS) is 13.2. The second-order valence-electron chi connectivity index (χ2n) is 7.15. The van der Waals surface area contributed by atoms with Crippen molar-refractivity contribution in [3.8, 4) is 16.9 Å². The second kappa shape index (κ2) is 7.84. The lowest BCUT2D eigenvalue weighted by atomic mass is 10.0. The van der Waals surface area contributed by atoms with Crippen LogP contribution in [-0.2, 0) is 0 Å². The lowest BCUT2D eigenvalue weighted by molar-refractivity contribution is 0.0993. The van der Waals surface area contributed by atoms with Crippen molar-refractivity contribution in [2.45, 2.75) is 18.8 Å². The van der Waals surface area contributed by atoms with Gasteiger partial charge in [-0.1, -0.05) is 11.6 Å². The van der Waals surface area contributed by atoms with E-state index in [1.54, 1.807) is 37.6 Å². The van der Waals surface area contributed by atoms with E-state index in [0.717, 1.165) is 24.0 Å². The summed E-state index contributed by atoms with van der Waals surface area (Å²) in [6.07, 6.45) is 5.49. The van der Waals surface area contributed by atoms with Gasteiger partial charge in [-0.05, 0) is 60.7 Å². The Morgan fingerprint density at radius 3 is 2.69 bits per heavy atom. The summed E-state index contributed by atoms with van der Waals surface area (Å²) in [5.74, 6) is 0.293. The van der Waals surface area contributed by atoms with Gasteiger partial charge in [0.2, 0.25) is 0 Å². The largest absolute Gasteiger partial charge is 0.496 e. The summed E-state index contributed by atoms with van der Waals surface area (Å²) in [5, 5.41) is 0.553. The zero-order valence-corrected chi connectivity index (χ0v) is 16.9. The van der Waals surface area contributed by atoms with Crippen LogP contribution in [0.1, 0.15) is 34.7 Å². The molecule has 0 bridgehead atoms. The first-order valence-electron chi connectivity index (χ1n) is 9.34. The molecule has 3 aromatic rings. The summed E-state index contributed by atoms with van der Waals surface area (Å²) < 4.78 is 19.0. The molecule has 0 aliphatic heterocycles. The van der Waals surface area contributed by atoms with Gasteiger partial charge in [0.15, 0.2) is 0 Å². The van der Waals surface area contributed by atoms with Crippen LogP contribution < -0.4 is 9.64 Å². The zero-order valence-electron chi connectivity index (χ0n) is 16.2. The van der Waals surface area contributed by atoms with Crippen molar-refractivity contribution in [2.24, 2.45) is 0 Å². The molecule has 0 saturated heterocycles. The van der Waals surface area contributed by atoms with Crippen LogP contribution in [0.4, 0.5) is 10.1 Å². The number of ether oxygens (including phenoxy) is 1. The number of methoxy groups -OCH3 is 1. The summed E-state index contributed by atoms with van der Waals surface area (Å²) >= 11 is 6.26. The van der Waals surface area contributed by atoms with Crippen LogP contribution in [0.25, 0.3) is 11.1 Å². The number of rotatable bonds is 5. The van der Waals surface area contributed by atoms with E-state index >= 15 is 0 Å². The minimum atomic E-state index is -0.392. The molecule has 6 heteroatoms. The maximum atomic E-state index is 13.6. The summed E-state index contributed by atoms with van der Waals surface area (Å²) in [4.78, 5) is 18.9. The zero-order chi connectivity index (χ0) is 20.5. The standard InChI is InChI=1S/C23H20ClFN2O2/c1-27(23(28)16-9-15(14-3-4-14)10-17(24)11-16)21-13-26-8-7-19(21)20-6-5-18(25)12-22(20)29-2/h5-14H,3-4H2,1-2H3. The highest BCUT2D eigenvalue weighted by molar-refractivity contribution is 6.31. The van der Waals surface area contributed by atoms with E-state index in [2.05, 4.69) is 4.98 Å². The Kier molecular flexibility index (Phi) is 5.24. The number of carbonyl (C=O) groups excluding carboxylic acids is 1. The van der Waals surface area contributed by atoms with Gasteiger partial charge in [0.25, 0.3) is 5.91 Å². The summed E-state index contributed by atoms with van der Waals surface area (Å²) in [6, 6.07) is 11.6. The Morgan fingerprint density at radius 1 is 1.17 bits per heavy atom. The van der Waals surface area contributed by atoms with Gasteiger partial charge in [-0.25, -0.2) is 4.39 Å². The minimum Gasteiger partial charge on any atom is -0.496 e. The molecule has 2 aromatic carbocycles. The SMILES string of the molecule is COc1cc(F)ccc1-c1ccncc1N(C)C(=O)c1cc(Cl)cc(C2CC2)c1. The topological polar surface area (TPSA) is 42.4 Å². The third kappa shape index (κ3) is 3.96. The molecule has 1 aromatic heterocycles. The number of anilines is 1. The first-order valence-corrected chi connectivity index (χ1v) is 9.72. The molecule has 29 heavy (non-hydrogen) atoms. The number of hydrogen-bond acceptors (Lipinski definition) is 3. The van der Waals surface area contributed by atoms with Crippen LogP contribution in [-0.4, -0.2) is 25.0 Å². The first kappa shape index (κ1) is 19.4. The quantitative estimate of drug-likeness (QED) is 0.541. The van der Waals surface area contributed by atoms with Crippen molar-refractivity contribution in [3.63, 3.8) is 0 Å². The lowest BCUT2D eigenvalue weighted by Gasteiger charge is -2.22. The first-order chi connectivity index (χ1) is 14.0. The predicted molar refractivity (Wildman–Crippen MR) is 112 cm³/mol. The van der Waals surface area contributed by atoms with Gasteiger partial charge in [0, 0.05) is 41.0 Å². The molecule has 148 valence electrons. The molecule has 1 saturated carbocycles. The third-order valence-electron chi connectivity index (χ3n) is 5.14. The predicted octanol–water partition coefficient (Wildman–Crippen LogP) is 5.70. The van der Waals surface area contributed by atoms with Gasteiger partial charge < -0.3 is 9.64 Å². The summed E-state index contributed by atoms with van der Waals surface area (Å²) in [5.41, 5.74) is 3.62. The molecule has 0 N–H and O–H groups in total. The molecule has 1 fully saturated rings. The molecule has 1 aliphatic rings. The third-order valence-corrected chi connectivity index (χ3v) is 5.35. The molecular formula is C23H20ClFN2O2. The van der Waals surface area contributed by atoms with E-state index in [-0.39, 0.29) is 5.91 Å². The highest BCUT2D eigenvalue weighted by Crippen LogP contribution is 2.41. The molecule has 0 spiro atoms. The van der Waals surface area contributed by atoms with Gasteiger partial charge in [0.1, 0.15) is 11.6 Å². The molecule has 4 nitrogen and oxygen atoms in total. The van der Waals surface area contributed by atoms with E-state index in [0.29, 0.717) is 33.5 Å². The number of pyridine rings is 1. The minimum absolute atomic E-state index is 0.190. The number of halogens is 2. The van der Waals surface area contributed by atoms with Crippen molar-refractivity contribution in [3.05, 3.63) is 76.8 Å². The van der Waals surface area contributed by atoms with E-state index < -0.39 is 5.82 Å². The van der Waals surface area contributed by atoms with E-state index in [1.807, 2.05) is 12.1 Å². The van der Waals surface area contributed by atoms with Gasteiger partial charge >= 0.3 is 0 Å². The molecule has 0 radical (unpaired) electrons. The second-order valence-corrected chi connectivity index (χ2v) is 7.59. The van der Waals surface area contributed by atoms with Crippen molar-refractivity contribution < 1.29 is 13.9 Å². The average Bonchev–Trinajstić information content (AvgIpc) is 3.57. The number of aromatic nitrogens is 1. The van der Waals surface area contributed by atoms with E-state index in [1.165, 1.54) is 24.1 Å². The number of nitrogens with zero attached hydrogens (tertiary/aromatic N) is 2. The summed E-state index contributed by atoms with van der Waals surface area (Å²) in [7, 11) is 3.18. The van der Waals surface area contributed by atoms with E-state index in [9.17, 15) is 9.18 Å². The van der Waals surface area contributed by atoms with Crippen LogP contribution in [0.3, 0.4) is 0 Å². The maximum absolute atomic E-state index is 13.6. The maximum Gasteiger partial charge on any atom is 0.258 e. The van der Waals surface area contributed by atoms with Gasteiger partial charge in [-0.2, -0.15) is 0 Å². The van der Waals surface area contributed by atoms with Crippen LogP contribution >= 0.6 is 11.6 Å². The Balaban J connectivity index is 1.74. The highest BCUT2D eigenvalue weighted by atomic mass is 35.5. The molecule has 1 heterocycles. The van der Waals surface area contributed by atoms with Crippen molar-refractivity contribution in [1.29, 1.82) is 0 Å². The Hall–Kier alpha value is -2.92. The monoisotopic (exact) mass is 410 g/mol. The van der Waals surface area contributed by atoms with Crippen molar-refractivity contribution in [2.75, 3.05) is 19.1 Å². The number of benzene rings is 2. The van der Waals surface area contributed by atoms with Gasteiger partial charge in [-0.3, -0.25) is 9.78 Å². The Labute approximate surface area is 173 Å². The molecule has 4 rings (SSSR count). The lowest BCUT2D eigenvalue weighted by Crippen LogP contribution is -2.27. The molecular weight excluding hydrogens is 391 g/mol. The fraction of sp³-hybridized carbons (Fsp3) is 0.217. The fourth-order valence-corrected chi connectivity index (χ4v) is 3.70. The van der Waals surface area contributed by atoms with Gasteiger partial charge in [-0.15, -0.1) is 0 Å². The smallest absolute Gasteiger partial charge is 0.258 e. The average molecular weight is 411 g/mol. The Morgan fingerprint density at radius 2 is 1.97 bits per heavy atom. The number of amides is 1.